The summed E-state index contributed by atoms with van der Waals surface area (Å²) in [5.41, 5.74) is 1.43. The molecule has 0 aliphatic carbocycles. The summed E-state index contributed by atoms with van der Waals surface area (Å²) in [5, 5.41) is 4.50. The molecule has 0 saturated carbocycles. The first-order chi connectivity index (χ1) is 15.2. The Morgan fingerprint density at radius 2 is 1.91 bits per heavy atom. The second-order valence-electron chi connectivity index (χ2n) is 8.94. The van der Waals surface area contributed by atoms with Gasteiger partial charge < -0.3 is 9.64 Å². The standard InChI is InChI=1S/C24H26ClN3O3S/c1-24(2,3)31-23(30)26-18-6-4-5-16(13-18)22(29)28-11-9-15(10-12-28)21-27-19-14-17(25)7-8-20(19)32-21/h4-8,13-15H,9-12H2,1-3H3,(H,26,30). The summed E-state index contributed by atoms with van der Waals surface area (Å²) in [6, 6.07) is 12.8. The van der Waals surface area contributed by atoms with Gasteiger partial charge in [0.2, 0.25) is 0 Å². The Morgan fingerprint density at radius 3 is 2.62 bits per heavy atom. The van der Waals surface area contributed by atoms with Crippen LogP contribution in [0.4, 0.5) is 10.5 Å². The number of nitrogens with one attached hydrogen (secondary N) is 1. The van der Waals surface area contributed by atoms with Gasteiger partial charge in [-0.2, -0.15) is 0 Å². The van der Waals surface area contributed by atoms with Gasteiger partial charge in [0.15, 0.2) is 0 Å². The quantitative estimate of drug-likeness (QED) is 0.485. The van der Waals surface area contributed by atoms with E-state index in [-0.39, 0.29) is 5.91 Å². The zero-order valence-corrected chi connectivity index (χ0v) is 19.9. The number of piperidine rings is 1. The summed E-state index contributed by atoms with van der Waals surface area (Å²) >= 11 is 7.79. The molecule has 3 aromatic rings. The molecule has 1 aliphatic rings. The van der Waals surface area contributed by atoms with Gasteiger partial charge in [-0.1, -0.05) is 17.7 Å². The van der Waals surface area contributed by atoms with Crippen LogP contribution in [0.1, 0.15) is 54.9 Å². The molecule has 0 atom stereocenters. The fraction of sp³-hybridized carbons (Fsp3) is 0.375. The van der Waals surface area contributed by atoms with Crippen molar-refractivity contribution in [2.24, 2.45) is 0 Å². The number of rotatable bonds is 3. The zero-order valence-electron chi connectivity index (χ0n) is 18.4. The number of likely N-dealkylation sites (tertiary alicyclic amines) is 1. The molecule has 8 heteroatoms. The summed E-state index contributed by atoms with van der Waals surface area (Å²) < 4.78 is 6.42. The van der Waals surface area contributed by atoms with Gasteiger partial charge in [0.25, 0.3) is 5.91 Å². The van der Waals surface area contributed by atoms with Crippen LogP contribution in [0, 0.1) is 0 Å². The maximum absolute atomic E-state index is 13.0. The molecule has 0 spiro atoms. The predicted molar refractivity (Wildman–Crippen MR) is 129 cm³/mol. The normalized spacial score (nSPS) is 15.1. The average Bonchev–Trinajstić information content (AvgIpc) is 3.15. The number of hydrogen-bond donors (Lipinski definition) is 1. The maximum Gasteiger partial charge on any atom is 0.412 e. The molecule has 6 nitrogen and oxygen atoms in total. The summed E-state index contributed by atoms with van der Waals surface area (Å²) in [7, 11) is 0. The Morgan fingerprint density at radius 1 is 1.16 bits per heavy atom. The van der Waals surface area contributed by atoms with Crippen molar-refractivity contribution in [3.05, 3.63) is 58.1 Å². The number of carbonyl (C=O) groups excluding carboxylic acids is 2. The van der Waals surface area contributed by atoms with Gasteiger partial charge in [-0.05, 0) is 70.0 Å². The molecule has 4 rings (SSSR count). The van der Waals surface area contributed by atoms with Gasteiger partial charge in [0.1, 0.15) is 5.60 Å². The van der Waals surface area contributed by atoms with Crippen molar-refractivity contribution in [3.63, 3.8) is 0 Å². The average molecular weight is 472 g/mol. The highest BCUT2D eigenvalue weighted by molar-refractivity contribution is 7.18. The number of aromatic nitrogens is 1. The Balaban J connectivity index is 1.38. The number of hydrogen-bond acceptors (Lipinski definition) is 5. The van der Waals surface area contributed by atoms with Crippen LogP contribution >= 0.6 is 22.9 Å². The van der Waals surface area contributed by atoms with E-state index in [9.17, 15) is 9.59 Å². The fourth-order valence-electron chi connectivity index (χ4n) is 3.76. The topological polar surface area (TPSA) is 71.5 Å². The Labute approximate surface area is 196 Å². The minimum atomic E-state index is -0.586. The van der Waals surface area contributed by atoms with Gasteiger partial charge in [-0.25, -0.2) is 9.78 Å². The molecular weight excluding hydrogens is 446 g/mol. The van der Waals surface area contributed by atoms with Gasteiger partial charge in [0.05, 0.1) is 15.2 Å². The van der Waals surface area contributed by atoms with Crippen molar-refractivity contribution in [3.8, 4) is 0 Å². The smallest absolute Gasteiger partial charge is 0.412 e. The molecule has 2 amide bonds. The number of anilines is 1. The molecule has 1 aromatic heterocycles. The number of carbonyl (C=O) groups is 2. The van der Waals surface area contributed by atoms with E-state index in [0.29, 0.717) is 35.3 Å². The van der Waals surface area contributed by atoms with Crippen molar-refractivity contribution >= 4 is 50.8 Å². The SMILES string of the molecule is CC(C)(C)OC(=O)Nc1cccc(C(=O)N2CCC(c3nc4cc(Cl)ccc4s3)CC2)c1. The number of benzene rings is 2. The van der Waals surface area contributed by atoms with Crippen LogP contribution in [0.15, 0.2) is 42.5 Å². The van der Waals surface area contributed by atoms with E-state index in [1.54, 1.807) is 56.4 Å². The van der Waals surface area contributed by atoms with E-state index < -0.39 is 11.7 Å². The van der Waals surface area contributed by atoms with Crippen molar-refractivity contribution in [2.75, 3.05) is 18.4 Å². The van der Waals surface area contributed by atoms with E-state index in [1.165, 1.54) is 0 Å². The van der Waals surface area contributed by atoms with Crippen LogP contribution in [-0.2, 0) is 4.74 Å². The summed E-state index contributed by atoms with van der Waals surface area (Å²) in [6.07, 6.45) is 1.20. The Bertz CT molecular complexity index is 1150. The minimum absolute atomic E-state index is 0.0348. The van der Waals surface area contributed by atoms with Gasteiger partial charge >= 0.3 is 6.09 Å². The fourth-order valence-corrected chi connectivity index (χ4v) is 5.04. The third kappa shape index (κ3) is 5.40. The molecule has 2 aromatic carbocycles. The molecule has 0 unspecified atom stereocenters. The highest BCUT2D eigenvalue weighted by Crippen LogP contribution is 2.35. The number of amides is 2. The lowest BCUT2D eigenvalue weighted by atomic mass is 9.97. The zero-order chi connectivity index (χ0) is 22.9. The number of fused-ring (bicyclic) bond motifs is 1. The highest BCUT2D eigenvalue weighted by atomic mass is 35.5. The monoisotopic (exact) mass is 471 g/mol. The molecule has 0 radical (unpaired) electrons. The van der Waals surface area contributed by atoms with Gasteiger partial charge in [-0.3, -0.25) is 10.1 Å². The number of thiazole rings is 1. The first kappa shape index (κ1) is 22.6. The largest absolute Gasteiger partial charge is 0.444 e. The Hall–Kier alpha value is -2.64. The van der Waals surface area contributed by atoms with Crippen molar-refractivity contribution in [2.45, 2.75) is 45.1 Å². The molecule has 1 aliphatic heterocycles. The molecule has 1 N–H and O–H groups in total. The van der Waals surface area contributed by atoms with Gasteiger partial charge in [-0.15, -0.1) is 11.3 Å². The maximum atomic E-state index is 13.0. The Kier molecular flexibility index (Phi) is 6.40. The van der Waals surface area contributed by atoms with Crippen LogP contribution in [0.25, 0.3) is 10.2 Å². The van der Waals surface area contributed by atoms with Crippen LogP contribution in [0.3, 0.4) is 0 Å². The highest BCUT2D eigenvalue weighted by Gasteiger charge is 2.27. The van der Waals surface area contributed by atoms with Crippen LogP contribution in [0.2, 0.25) is 5.02 Å². The van der Waals surface area contributed by atoms with Crippen LogP contribution in [-0.4, -0.2) is 40.6 Å². The molecule has 2 heterocycles. The lowest BCUT2D eigenvalue weighted by Gasteiger charge is -2.31. The second-order valence-corrected chi connectivity index (χ2v) is 10.4. The van der Waals surface area contributed by atoms with E-state index in [0.717, 1.165) is 28.1 Å². The van der Waals surface area contributed by atoms with Crippen molar-refractivity contribution < 1.29 is 14.3 Å². The van der Waals surface area contributed by atoms with E-state index >= 15 is 0 Å². The summed E-state index contributed by atoms with van der Waals surface area (Å²) in [4.78, 5) is 31.7. The van der Waals surface area contributed by atoms with E-state index in [2.05, 4.69) is 5.32 Å². The number of halogens is 1. The van der Waals surface area contributed by atoms with Crippen LogP contribution in [0.5, 0.6) is 0 Å². The van der Waals surface area contributed by atoms with E-state index in [4.69, 9.17) is 21.3 Å². The second kappa shape index (κ2) is 9.08. The van der Waals surface area contributed by atoms with Crippen molar-refractivity contribution in [1.29, 1.82) is 0 Å². The van der Waals surface area contributed by atoms with Crippen molar-refractivity contribution in [1.82, 2.24) is 9.88 Å². The third-order valence-electron chi connectivity index (χ3n) is 5.25. The first-order valence-corrected chi connectivity index (χ1v) is 11.8. The third-order valence-corrected chi connectivity index (χ3v) is 6.69. The van der Waals surface area contributed by atoms with E-state index in [1.807, 2.05) is 23.1 Å². The van der Waals surface area contributed by atoms with Gasteiger partial charge in [0, 0.05) is 35.3 Å². The summed E-state index contributed by atoms with van der Waals surface area (Å²) in [5.74, 6) is 0.308. The molecular formula is C24H26ClN3O3S. The lowest BCUT2D eigenvalue weighted by molar-refractivity contribution is 0.0634. The number of nitrogens with zero attached hydrogens (tertiary/aromatic N) is 2. The van der Waals surface area contributed by atoms with Crippen LogP contribution < -0.4 is 5.32 Å². The summed E-state index contributed by atoms with van der Waals surface area (Å²) in [6.45, 7) is 6.76. The minimum Gasteiger partial charge on any atom is -0.444 e. The number of ether oxygens (including phenoxy) is 1. The lowest BCUT2D eigenvalue weighted by Crippen LogP contribution is -2.38. The molecule has 1 saturated heterocycles. The molecule has 32 heavy (non-hydrogen) atoms. The molecule has 1 fully saturated rings. The molecule has 168 valence electrons. The predicted octanol–water partition coefficient (Wildman–Crippen LogP) is 6.32. The first-order valence-electron chi connectivity index (χ1n) is 10.6. The molecule has 0 bridgehead atoms.